The third-order valence-electron chi connectivity index (χ3n) is 3.56. The van der Waals surface area contributed by atoms with Crippen LogP contribution in [0.15, 0.2) is 0 Å². The van der Waals surface area contributed by atoms with E-state index in [9.17, 15) is 9.90 Å². The number of carboxylic acid groups (broad SMARTS) is 1. The van der Waals surface area contributed by atoms with Gasteiger partial charge in [-0.15, -0.1) is 0 Å². The standard InChI is InChI=1S/C11H21NO3/c1-8(10(13)14)9(2)12-6-4-11(3,15)5-7-12/h8-9,15H,4-7H2,1-3H3,(H,13,14). The molecular weight excluding hydrogens is 194 g/mol. The number of nitrogens with zero attached hydrogens (tertiary/aromatic N) is 1. The van der Waals surface area contributed by atoms with Crippen molar-refractivity contribution in [2.45, 2.75) is 45.3 Å². The highest BCUT2D eigenvalue weighted by Gasteiger charge is 2.32. The van der Waals surface area contributed by atoms with E-state index in [1.54, 1.807) is 6.92 Å². The van der Waals surface area contributed by atoms with Crippen molar-refractivity contribution < 1.29 is 15.0 Å². The molecule has 1 fully saturated rings. The lowest BCUT2D eigenvalue weighted by Crippen LogP contribution is -2.49. The molecule has 0 aromatic rings. The molecule has 0 bridgehead atoms. The summed E-state index contributed by atoms with van der Waals surface area (Å²) in [6, 6.07) is 0.0404. The second-order valence-electron chi connectivity index (χ2n) is 4.90. The average Bonchev–Trinajstić information content (AvgIpc) is 2.15. The SMILES string of the molecule is CC(C(=O)O)C(C)N1CCC(C)(O)CC1. The Bertz CT molecular complexity index is 230. The maximum atomic E-state index is 10.8. The fourth-order valence-electron chi connectivity index (χ4n) is 1.94. The Morgan fingerprint density at radius 3 is 2.20 bits per heavy atom. The second-order valence-corrected chi connectivity index (χ2v) is 4.90. The molecular formula is C11H21NO3. The molecule has 0 aliphatic carbocycles. The van der Waals surface area contributed by atoms with Gasteiger partial charge in [-0.2, -0.15) is 0 Å². The van der Waals surface area contributed by atoms with Crippen LogP contribution in [0.25, 0.3) is 0 Å². The summed E-state index contributed by atoms with van der Waals surface area (Å²) in [5, 5.41) is 18.7. The quantitative estimate of drug-likeness (QED) is 0.735. The Balaban J connectivity index is 2.49. The van der Waals surface area contributed by atoms with Gasteiger partial charge in [0.15, 0.2) is 0 Å². The number of carbonyl (C=O) groups is 1. The van der Waals surface area contributed by atoms with Gasteiger partial charge in [0.1, 0.15) is 0 Å². The Kier molecular flexibility index (Phi) is 3.73. The topological polar surface area (TPSA) is 60.8 Å². The normalized spacial score (nSPS) is 25.9. The van der Waals surface area contributed by atoms with Crippen LogP contribution in [0.3, 0.4) is 0 Å². The molecule has 2 N–H and O–H groups in total. The highest BCUT2D eigenvalue weighted by molar-refractivity contribution is 5.70. The van der Waals surface area contributed by atoms with Crippen LogP contribution in [0, 0.1) is 5.92 Å². The summed E-state index contributed by atoms with van der Waals surface area (Å²) < 4.78 is 0. The van der Waals surface area contributed by atoms with Crippen molar-refractivity contribution in [1.29, 1.82) is 0 Å². The van der Waals surface area contributed by atoms with E-state index in [4.69, 9.17) is 5.11 Å². The van der Waals surface area contributed by atoms with Gasteiger partial charge >= 0.3 is 5.97 Å². The summed E-state index contributed by atoms with van der Waals surface area (Å²) in [5.74, 6) is -1.10. The summed E-state index contributed by atoms with van der Waals surface area (Å²) in [4.78, 5) is 13.0. The summed E-state index contributed by atoms with van der Waals surface area (Å²) in [6.45, 7) is 7.09. The first-order valence-electron chi connectivity index (χ1n) is 5.53. The molecule has 2 atom stereocenters. The molecule has 2 unspecified atom stereocenters. The minimum absolute atomic E-state index is 0.0404. The number of aliphatic carboxylic acids is 1. The molecule has 1 rings (SSSR count). The number of piperidine rings is 1. The number of hydrogen-bond acceptors (Lipinski definition) is 3. The van der Waals surface area contributed by atoms with E-state index < -0.39 is 11.6 Å². The van der Waals surface area contributed by atoms with Crippen molar-refractivity contribution in [1.82, 2.24) is 4.90 Å². The summed E-state index contributed by atoms with van der Waals surface area (Å²) in [6.07, 6.45) is 1.45. The lowest BCUT2D eigenvalue weighted by Gasteiger charge is -2.40. The van der Waals surface area contributed by atoms with Crippen LogP contribution in [0.1, 0.15) is 33.6 Å². The van der Waals surface area contributed by atoms with Crippen molar-refractivity contribution in [2.24, 2.45) is 5.92 Å². The van der Waals surface area contributed by atoms with Gasteiger partial charge in [-0.05, 0) is 26.7 Å². The third-order valence-corrected chi connectivity index (χ3v) is 3.56. The highest BCUT2D eigenvalue weighted by atomic mass is 16.4. The number of aliphatic hydroxyl groups is 1. The molecule has 0 spiro atoms. The van der Waals surface area contributed by atoms with Crippen LogP contribution >= 0.6 is 0 Å². The molecule has 1 saturated heterocycles. The predicted molar refractivity (Wildman–Crippen MR) is 57.7 cm³/mol. The first kappa shape index (κ1) is 12.5. The summed E-state index contributed by atoms with van der Waals surface area (Å²) in [5.41, 5.74) is -0.567. The van der Waals surface area contributed by atoms with Crippen LogP contribution < -0.4 is 0 Å². The average molecular weight is 215 g/mol. The van der Waals surface area contributed by atoms with Crippen molar-refractivity contribution in [2.75, 3.05) is 13.1 Å². The molecule has 4 nitrogen and oxygen atoms in total. The van der Waals surface area contributed by atoms with Crippen molar-refractivity contribution >= 4 is 5.97 Å². The van der Waals surface area contributed by atoms with Gasteiger partial charge in [-0.3, -0.25) is 9.69 Å². The van der Waals surface area contributed by atoms with E-state index in [-0.39, 0.29) is 12.0 Å². The first-order chi connectivity index (χ1) is 6.83. The highest BCUT2D eigenvalue weighted by Crippen LogP contribution is 2.24. The Hall–Kier alpha value is -0.610. The number of hydrogen-bond donors (Lipinski definition) is 2. The van der Waals surface area contributed by atoms with Crippen LogP contribution in [0.2, 0.25) is 0 Å². The zero-order valence-corrected chi connectivity index (χ0v) is 9.73. The molecule has 0 saturated carbocycles. The van der Waals surface area contributed by atoms with Gasteiger partial charge in [0.05, 0.1) is 11.5 Å². The zero-order valence-electron chi connectivity index (χ0n) is 9.73. The van der Waals surface area contributed by atoms with Gasteiger partial charge in [0.2, 0.25) is 0 Å². The monoisotopic (exact) mass is 215 g/mol. The van der Waals surface area contributed by atoms with Crippen molar-refractivity contribution in [3.63, 3.8) is 0 Å². The van der Waals surface area contributed by atoms with E-state index in [0.717, 1.165) is 25.9 Å². The van der Waals surface area contributed by atoms with Gasteiger partial charge in [-0.25, -0.2) is 0 Å². The molecule has 0 radical (unpaired) electrons. The van der Waals surface area contributed by atoms with Gasteiger partial charge in [0, 0.05) is 19.1 Å². The van der Waals surface area contributed by atoms with Crippen LogP contribution in [0.5, 0.6) is 0 Å². The van der Waals surface area contributed by atoms with Gasteiger partial charge in [0.25, 0.3) is 0 Å². The number of likely N-dealkylation sites (tertiary alicyclic amines) is 1. The molecule has 1 heterocycles. The number of carboxylic acids is 1. The minimum Gasteiger partial charge on any atom is -0.481 e. The van der Waals surface area contributed by atoms with E-state index in [0.29, 0.717) is 0 Å². The van der Waals surface area contributed by atoms with Gasteiger partial charge < -0.3 is 10.2 Å². The third kappa shape index (κ3) is 3.18. The number of rotatable bonds is 3. The zero-order chi connectivity index (χ0) is 11.6. The van der Waals surface area contributed by atoms with E-state index >= 15 is 0 Å². The molecule has 88 valence electrons. The van der Waals surface area contributed by atoms with E-state index in [2.05, 4.69) is 4.90 Å². The fourth-order valence-corrected chi connectivity index (χ4v) is 1.94. The van der Waals surface area contributed by atoms with Crippen LogP contribution in [-0.2, 0) is 4.79 Å². The smallest absolute Gasteiger partial charge is 0.307 e. The largest absolute Gasteiger partial charge is 0.481 e. The minimum atomic E-state index is -0.750. The lowest BCUT2D eigenvalue weighted by molar-refractivity contribution is -0.143. The molecule has 15 heavy (non-hydrogen) atoms. The molecule has 1 aliphatic heterocycles. The van der Waals surface area contributed by atoms with Crippen LogP contribution in [0.4, 0.5) is 0 Å². The lowest BCUT2D eigenvalue weighted by atomic mass is 9.91. The van der Waals surface area contributed by atoms with E-state index in [1.807, 2.05) is 13.8 Å². The molecule has 0 aromatic heterocycles. The maximum absolute atomic E-state index is 10.8. The molecule has 1 aliphatic rings. The van der Waals surface area contributed by atoms with Crippen molar-refractivity contribution in [3.8, 4) is 0 Å². The molecule has 4 heteroatoms. The van der Waals surface area contributed by atoms with Crippen molar-refractivity contribution in [3.05, 3.63) is 0 Å². The fraction of sp³-hybridized carbons (Fsp3) is 0.909. The molecule has 0 amide bonds. The van der Waals surface area contributed by atoms with Gasteiger partial charge in [-0.1, -0.05) is 6.92 Å². The second kappa shape index (κ2) is 4.49. The Morgan fingerprint density at radius 1 is 1.33 bits per heavy atom. The summed E-state index contributed by atoms with van der Waals surface area (Å²) >= 11 is 0. The maximum Gasteiger partial charge on any atom is 0.307 e. The van der Waals surface area contributed by atoms with Crippen LogP contribution in [-0.4, -0.2) is 45.8 Å². The Morgan fingerprint density at radius 2 is 1.80 bits per heavy atom. The molecule has 0 aromatic carbocycles. The predicted octanol–water partition coefficient (Wildman–Crippen LogP) is 0.942. The first-order valence-corrected chi connectivity index (χ1v) is 5.53. The Labute approximate surface area is 90.9 Å². The van der Waals surface area contributed by atoms with E-state index in [1.165, 1.54) is 0 Å². The summed E-state index contributed by atoms with van der Waals surface area (Å²) in [7, 11) is 0.